The van der Waals surface area contributed by atoms with Crippen molar-refractivity contribution in [2.45, 2.75) is 86.1 Å². The van der Waals surface area contributed by atoms with Gasteiger partial charge in [-0.1, -0.05) is 82.9 Å². The Morgan fingerprint density at radius 2 is 1.45 bits per heavy atom. The van der Waals surface area contributed by atoms with Gasteiger partial charge in [0.1, 0.15) is 11.5 Å². The fraction of sp³-hybridized carbons (Fsp3) is 0.480. The lowest BCUT2D eigenvalue weighted by Crippen LogP contribution is -1.98. The molecule has 33 heavy (non-hydrogen) atoms. The number of aromatic hydroxyl groups is 2. The quantitative estimate of drug-likeness (QED) is 0.133. The summed E-state index contributed by atoms with van der Waals surface area (Å²) in [4.78, 5) is 1.22. The van der Waals surface area contributed by atoms with Crippen LogP contribution in [0.2, 0.25) is 0 Å². The lowest BCUT2D eigenvalue weighted by atomic mass is 10.1. The highest BCUT2D eigenvalue weighted by molar-refractivity contribution is 8.00. The summed E-state index contributed by atoms with van der Waals surface area (Å²) >= 11 is 2.82. The number of para-hydroxylation sites is 1. The van der Waals surface area contributed by atoms with E-state index in [4.69, 9.17) is 0 Å². The summed E-state index contributed by atoms with van der Waals surface area (Å²) in [6.07, 6.45) is 13.0. The molecule has 0 aliphatic carbocycles. The van der Waals surface area contributed by atoms with Crippen molar-refractivity contribution in [3.63, 3.8) is 0 Å². The van der Waals surface area contributed by atoms with Crippen molar-refractivity contribution in [1.29, 1.82) is 0 Å². The van der Waals surface area contributed by atoms with Crippen molar-refractivity contribution in [2.24, 2.45) is 0 Å². The van der Waals surface area contributed by atoms with E-state index < -0.39 is 0 Å². The molecule has 8 heteroatoms. The maximum Gasteiger partial charge on any atom is 0.219 e. The standard InChI is InChI=1S/C25H34N4O2S2/c1-2-3-4-5-6-7-8-9-10-14-17-32-22-18-21(30)19-23(24(22)31)33-25-26-27-28-29(25)20-15-12-11-13-16-20/h11-13,15-16,18-19,30-31H,2-10,14,17H2,1H3. The molecule has 0 aliphatic heterocycles. The van der Waals surface area contributed by atoms with E-state index in [1.165, 1.54) is 69.5 Å². The maximum absolute atomic E-state index is 10.8. The van der Waals surface area contributed by atoms with Crippen LogP contribution in [0.15, 0.2) is 57.4 Å². The second kappa shape index (κ2) is 14.2. The fourth-order valence-corrected chi connectivity index (χ4v) is 5.57. The van der Waals surface area contributed by atoms with Gasteiger partial charge in [0, 0.05) is 0 Å². The number of thioether (sulfide) groups is 1. The Labute approximate surface area is 205 Å². The number of phenols is 2. The van der Waals surface area contributed by atoms with Crippen LogP contribution in [0.5, 0.6) is 11.5 Å². The summed E-state index contributed by atoms with van der Waals surface area (Å²) < 4.78 is 1.62. The van der Waals surface area contributed by atoms with Crippen molar-refractivity contribution in [3.8, 4) is 17.2 Å². The smallest absolute Gasteiger partial charge is 0.219 e. The number of hydrogen-bond acceptors (Lipinski definition) is 7. The zero-order chi connectivity index (χ0) is 23.3. The van der Waals surface area contributed by atoms with E-state index >= 15 is 0 Å². The first-order chi connectivity index (χ1) is 16.2. The molecule has 1 heterocycles. The number of tetrazole rings is 1. The summed E-state index contributed by atoms with van der Waals surface area (Å²) in [6.45, 7) is 2.25. The van der Waals surface area contributed by atoms with Crippen LogP contribution >= 0.6 is 23.5 Å². The van der Waals surface area contributed by atoms with E-state index in [1.54, 1.807) is 28.6 Å². The Hall–Kier alpha value is -2.19. The summed E-state index contributed by atoms with van der Waals surface area (Å²) in [5.41, 5.74) is 0.834. The molecule has 0 saturated carbocycles. The van der Waals surface area contributed by atoms with E-state index in [0.29, 0.717) is 14.9 Å². The molecule has 3 rings (SSSR count). The van der Waals surface area contributed by atoms with Crippen molar-refractivity contribution in [3.05, 3.63) is 42.5 Å². The zero-order valence-corrected chi connectivity index (χ0v) is 21.0. The normalized spacial score (nSPS) is 11.2. The van der Waals surface area contributed by atoms with Gasteiger partial charge >= 0.3 is 0 Å². The maximum atomic E-state index is 10.8. The molecule has 0 spiro atoms. The fourth-order valence-electron chi connectivity index (χ4n) is 3.60. The SMILES string of the molecule is CCCCCCCCCCCCSc1cc(O)cc(Sc2nnnn2-c2ccccc2)c1O. The number of nitrogens with zero attached hydrogens (tertiary/aromatic N) is 4. The van der Waals surface area contributed by atoms with Gasteiger partial charge in [0.25, 0.3) is 0 Å². The monoisotopic (exact) mass is 486 g/mol. The van der Waals surface area contributed by atoms with E-state index in [2.05, 4.69) is 22.4 Å². The molecule has 3 aromatic rings. The molecule has 0 unspecified atom stereocenters. The molecule has 2 aromatic carbocycles. The lowest BCUT2D eigenvalue weighted by molar-refractivity contribution is 0.435. The summed E-state index contributed by atoms with van der Waals surface area (Å²) in [7, 11) is 0. The van der Waals surface area contributed by atoms with Crippen LogP contribution in [0.3, 0.4) is 0 Å². The van der Waals surface area contributed by atoms with Crippen molar-refractivity contribution in [1.82, 2.24) is 20.2 Å². The Morgan fingerprint density at radius 1 is 0.818 bits per heavy atom. The first kappa shape index (κ1) is 25.4. The van der Waals surface area contributed by atoms with Gasteiger partial charge in [0.05, 0.1) is 15.5 Å². The van der Waals surface area contributed by atoms with E-state index in [-0.39, 0.29) is 11.5 Å². The van der Waals surface area contributed by atoms with Gasteiger partial charge in [-0.2, -0.15) is 4.68 Å². The Bertz CT molecular complexity index is 966. The lowest BCUT2D eigenvalue weighted by Gasteiger charge is -2.10. The largest absolute Gasteiger partial charge is 0.508 e. The van der Waals surface area contributed by atoms with E-state index in [9.17, 15) is 10.2 Å². The van der Waals surface area contributed by atoms with Crippen LogP contribution in [0.1, 0.15) is 71.1 Å². The van der Waals surface area contributed by atoms with Crippen molar-refractivity contribution < 1.29 is 10.2 Å². The molecule has 2 N–H and O–H groups in total. The Kier molecular flexibility index (Phi) is 10.9. The zero-order valence-electron chi connectivity index (χ0n) is 19.3. The average Bonchev–Trinajstić information content (AvgIpc) is 3.29. The highest BCUT2D eigenvalue weighted by Crippen LogP contribution is 2.42. The highest BCUT2D eigenvalue weighted by Gasteiger charge is 2.16. The number of hydrogen-bond donors (Lipinski definition) is 2. The van der Waals surface area contributed by atoms with Gasteiger partial charge in [-0.25, -0.2) is 0 Å². The van der Waals surface area contributed by atoms with Gasteiger partial charge in [0.15, 0.2) is 0 Å². The summed E-state index contributed by atoms with van der Waals surface area (Å²) in [5, 5.41) is 33.4. The first-order valence-electron chi connectivity index (χ1n) is 11.9. The molecule has 0 atom stereocenters. The third-order valence-electron chi connectivity index (χ3n) is 5.42. The third-order valence-corrected chi connectivity index (χ3v) is 7.51. The molecule has 0 saturated heterocycles. The van der Waals surface area contributed by atoms with Crippen molar-refractivity contribution in [2.75, 3.05) is 5.75 Å². The molecule has 0 amide bonds. The van der Waals surface area contributed by atoms with Crippen LogP contribution in [-0.4, -0.2) is 36.2 Å². The highest BCUT2D eigenvalue weighted by atomic mass is 32.2. The van der Waals surface area contributed by atoms with Gasteiger partial charge in [0.2, 0.25) is 5.16 Å². The van der Waals surface area contributed by atoms with E-state index in [1.807, 2.05) is 30.3 Å². The van der Waals surface area contributed by atoms with Crippen LogP contribution in [0.25, 0.3) is 5.69 Å². The van der Waals surface area contributed by atoms with Gasteiger partial charge < -0.3 is 10.2 Å². The molecule has 6 nitrogen and oxygen atoms in total. The van der Waals surface area contributed by atoms with Crippen LogP contribution in [0, 0.1) is 0 Å². The van der Waals surface area contributed by atoms with E-state index in [0.717, 1.165) is 17.9 Å². The second-order valence-corrected chi connectivity index (χ2v) is 10.3. The molecule has 1 aromatic heterocycles. The predicted molar refractivity (Wildman–Crippen MR) is 136 cm³/mol. The first-order valence-corrected chi connectivity index (χ1v) is 13.7. The molecular formula is C25H34N4O2S2. The third kappa shape index (κ3) is 8.27. The Balaban J connectivity index is 1.47. The minimum atomic E-state index is 0.125. The predicted octanol–water partition coefficient (Wildman–Crippen LogP) is 7.24. The Morgan fingerprint density at radius 3 is 2.15 bits per heavy atom. The second-order valence-electron chi connectivity index (χ2n) is 8.13. The number of benzene rings is 2. The minimum Gasteiger partial charge on any atom is -0.508 e. The molecule has 0 bridgehead atoms. The molecule has 0 aliphatic rings. The number of phenolic OH excluding ortho intramolecular Hbond substituents is 2. The van der Waals surface area contributed by atoms with Crippen molar-refractivity contribution >= 4 is 23.5 Å². The molecule has 178 valence electrons. The summed E-state index contributed by atoms with van der Waals surface area (Å²) in [6, 6.07) is 12.8. The van der Waals surface area contributed by atoms with Gasteiger partial charge in [-0.05, 0) is 58.6 Å². The number of rotatable bonds is 15. The summed E-state index contributed by atoms with van der Waals surface area (Å²) in [5.74, 6) is 1.21. The van der Waals surface area contributed by atoms with Gasteiger partial charge in [-0.3, -0.25) is 0 Å². The molecule has 0 fully saturated rings. The average molecular weight is 487 g/mol. The molecule has 0 radical (unpaired) electrons. The van der Waals surface area contributed by atoms with Crippen LogP contribution < -0.4 is 0 Å². The van der Waals surface area contributed by atoms with Crippen LogP contribution in [-0.2, 0) is 0 Å². The minimum absolute atomic E-state index is 0.125. The molecular weight excluding hydrogens is 452 g/mol. The number of unbranched alkanes of at least 4 members (excludes halogenated alkanes) is 9. The van der Waals surface area contributed by atoms with Crippen LogP contribution in [0.4, 0.5) is 0 Å². The number of aromatic nitrogens is 4. The van der Waals surface area contributed by atoms with Gasteiger partial charge in [-0.15, -0.1) is 16.9 Å². The topological polar surface area (TPSA) is 84.1 Å².